The van der Waals surface area contributed by atoms with Gasteiger partial charge in [-0.05, 0) is 32.5 Å². The Morgan fingerprint density at radius 1 is 1.27 bits per heavy atom. The summed E-state index contributed by atoms with van der Waals surface area (Å²) >= 11 is 0. The van der Waals surface area contributed by atoms with Crippen LogP contribution in [-0.4, -0.2) is 37.1 Å². The predicted molar refractivity (Wildman–Crippen MR) is 64.7 cm³/mol. The monoisotopic (exact) mass is 211 g/mol. The molecule has 0 aromatic carbocycles. The first-order chi connectivity index (χ1) is 7.28. The fourth-order valence-corrected chi connectivity index (χ4v) is 1.49. The van der Waals surface area contributed by atoms with Gasteiger partial charge in [-0.25, -0.2) is 0 Å². The van der Waals surface area contributed by atoms with Crippen molar-refractivity contribution in [1.82, 2.24) is 10.2 Å². The first-order valence-corrected chi connectivity index (χ1v) is 6.13. The molecule has 0 spiro atoms. The minimum Gasteiger partial charge on any atom is -0.301 e. The zero-order valence-electron chi connectivity index (χ0n) is 10.4. The topological polar surface area (TPSA) is 39.1 Å². The van der Waals surface area contributed by atoms with Crippen molar-refractivity contribution in [2.75, 3.05) is 26.2 Å². The zero-order valence-corrected chi connectivity index (χ0v) is 10.4. The van der Waals surface area contributed by atoms with E-state index in [1.165, 1.54) is 12.8 Å². The van der Waals surface area contributed by atoms with Gasteiger partial charge in [0, 0.05) is 6.54 Å². The van der Waals surface area contributed by atoms with E-state index < -0.39 is 0 Å². The van der Waals surface area contributed by atoms with Crippen molar-refractivity contribution in [2.45, 2.75) is 46.1 Å². The summed E-state index contributed by atoms with van der Waals surface area (Å²) in [7, 11) is 0. The van der Waals surface area contributed by atoms with Gasteiger partial charge in [-0.1, -0.05) is 27.2 Å². The third-order valence-electron chi connectivity index (χ3n) is 2.51. The fraction of sp³-hybridized carbons (Fsp3) is 0.917. The maximum Gasteiger partial charge on any atom is 0.108 e. The number of rotatable bonds is 9. The van der Waals surface area contributed by atoms with Gasteiger partial charge in [0.15, 0.2) is 0 Å². The molecule has 0 radical (unpaired) electrons. The van der Waals surface area contributed by atoms with Crippen LogP contribution >= 0.6 is 0 Å². The Kier molecular flexibility index (Phi) is 9.55. The molecule has 0 saturated heterocycles. The lowest BCUT2D eigenvalue weighted by molar-refractivity contribution is 0.266. The number of nitriles is 1. The van der Waals surface area contributed by atoms with Crippen LogP contribution in [0.2, 0.25) is 0 Å². The molecule has 0 rings (SSSR count). The number of hydrogen-bond acceptors (Lipinski definition) is 3. The average molecular weight is 211 g/mol. The van der Waals surface area contributed by atoms with Crippen LogP contribution in [0.1, 0.15) is 40.0 Å². The molecule has 0 fully saturated rings. The molecule has 0 bridgehead atoms. The van der Waals surface area contributed by atoms with E-state index >= 15 is 0 Å². The van der Waals surface area contributed by atoms with Crippen molar-refractivity contribution < 1.29 is 0 Å². The molecule has 1 unspecified atom stereocenters. The van der Waals surface area contributed by atoms with Gasteiger partial charge in [-0.3, -0.25) is 0 Å². The molecule has 3 nitrogen and oxygen atoms in total. The van der Waals surface area contributed by atoms with E-state index in [-0.39, 0.29) is 6.04 Å². The third-order valence-corrected chi connectivity index (χ3v) is 2.51. The highest BCUT2D eigenvalue weighted by molar-refractivity contribution is 4.91. The van der Waals surface area contributed by atoms with Crippen molar-refractivity contribution in [2.24, 2.45) is 0 Å². The van der Waals surface area contributed by atoms with Gasteiger partial charge in [-0.15, -0.1) is 0 Å². The van der Waals surface area contributed by atoms with Gasteiger partial charge in [0.25, 0.3) is 0 Å². The summed E-state index contributed by atoms with van der Waals surface area (Å²) in [5, 5.41) is 12.2. The second-order valence-electron chi connectivity index (χ2n) is 3.88. The Morgan fingerprint density at radius 2 is 2.00 bits per heavy atom. The molecule has 0 amide bonds. The molecule has 0 aliphatic rings. The normalized spacial score (nSPS) is 12.7. The lowest BCUT2D eigenvalue weighted by Gasteiger charge is -2.23. The second kappa shape index (κ2) is 9.95. The summed E-state index contributed by atoms with van der Waals surface area (Å²) in [6, 6.07) is 2.31. The molecule has 0 aromatic rings. The third kappa shape index (κ3) is 7.35. The lowest BCUT2D eigenvalue weighted by atomic mass is 10.2. The van der Waals surface area contributed by atoms with E-state index in [0.29, 0.717) is 0 Å². The zero-order chi connectivity index (χ0) is 11.5. The Bertz CT molecular complexity index is 174. The summed E-state index contributed by atoms with van der Waals surface area (Å²) in [5.74, 6) is 0. The molecular formula is C12H25N3. The van der Waals surface area contributed by atoms with E-state index in [4.69, 9.17) is 5.26 Å². The Labute approximate surface area is 94.5 Å². The SMILES string of the molecule is CCCCN(CC)CC(C#N)NCCC. The van der Waals surface area contributed by atoms with E-state index in [2.05, 4.69) is 37.1 Å². The number of nitrogens with one attached hydrogen (secondary N) is 1. The van der Waals surface area contributed by atoms with Gasteiger partial charge in [0.1, 0.15) is 6.04 Å². The first kappa shape index (κ1) is 14.4. The quantitative estimate of drug-likeness (QED) is 0.634. The predicted octanol–water partition coefficient (Wildman–Crippen LogP) is 2.00. The van der Waals surface area contributed by atoms with Gasteiger partial charge in [0.05, 0.1) is 6.07 Å². The van der Waals surface area contributed by atoms with Crippen molar-refractivity contribution in [3.8, 4) is 6.07 Å². The summed E-state index contributed by atoms with van der Waals surface area (Å²) in [4.78, 5) is 2.35. The smallest absolute Gasteiger partial charge is 0.108 e. The Morgan fingerprint density at radius 3 is 2.47 bits per heavy atom. The highest BCUT2D eigenvalue weighted by Crippen LogP contribution is 1.97. The number of likely N-dealkylation sites (N-methyl/N-ethyl adjacent to an activating group) is 1. The van der Waals surface area contributed by atoms with E-state index in [1.54, 1.807) is 0 Å². The minimum absolute atomic E-state index is 0.0123. The van der Waals surface area contributed by atoms with E-state index in [1.807, 2.05) is 0 Å². The molecule has 1 atom stereocenters. The van der Waals surface area contributed by atoms with Gasteiger partial charge in [0.2, 0.25) is 0 Å². The minimum atomic E-state index is -0.0123. The molecule has 0 saturated carbocycles. The van der Waals surface area contributed by atoms with Crippen LogP contribution in [0.15, 0.2) is 0 Å². The molecule has 0 aromatic heterocycles. The fourth-order valence-electron chi connectivity index (χ4n) is 1.49. The second-order valence-corrected chi connectivity index (χ2v) is 3.88. The largest absolute Gasteiger partial charge is 0.301 e. The average Bonchev–Trinajstić information content (AvgIpc) is 2.28. The number of nitrogens with zero attached hydrogens (tertiary/aromatic N) is 2. The summed E-state index contributed by atoms with van der Waals surface area (Å²) in [6.07, 6.45) is 3.52. The van der Waals surface area contributed by atoms with E-state index in [9.17, 15) is 0 Å². The first-order valence-electron chi connectivity index (χ1n) is 6.13. The Balaban J connectivity index is 3.84. The standard InChI is InChI=1S/C12H25N3/c1-4-7-9-15(6-3)11-12(10-13)14-8-5-2/h12,14H,4-9,11H2,1-3H3. The maximum absolute atomic E-state index is 8.98. The molecule has 15 heavy (non-hydrogen) atoms. The van der Waals surface area contributed by atoms with Crippen LogP contribution in [0.4, 0.5) is 0 Å². The van der Waals surface area contributed by atoms with Crippen LogP contribution in [0.25, 0.3) is 0 Å². The van der Waals surface area contributed by atoms with Crippen LogP contribution in [0, 0.1) is 11.3 Å². The van der Waals surface area contributed by atoms with Crippen molar-refractivity contribution in [3.05, 3.63) is 0 Å². The van der Waals surface area contributed by atoms with Crippen LogP contribution in [0.3, 0.4) is 0 Å². The highest BCUT2D eigenvalue weighted by atomic mass is 15.1. The summed E-state index contributed by atoms with van der Waals surface area (Å²) in [6.45, 7) is 10.4. The van der Waals surface area contributed by atoms with Gasteiger partial charge >= 0.3 is 0 Å². The Hall–Kier alpha value is -0.590. The molecule has 0 aliphatic heterocycles. The van der Waals surface area contributed by atoms with Crippen molar-refractivity contribution >= 4 is 0 Å². The van der Waals surface area contributed by atoms with Crippen molar-refractivity contribution in [1.29, 1.82) is 5.26 Å². The molecule has 0 heterocycles. The van der Waals surface area contributed by atoms with Gasteiger partial charge in [-0.2, -0.15) is 5.26 Å². The molecule has 0 aliphatic carbocycles. The van der Waals surface area contributed by atoms with Crippen molar-refractivity contribution in [3.63, 3.8) is 0 Å². The van der Waals surface area contributed by atoms with Crippen LogP contribution < -0.4 is 5.32 Å². The number of unbranched alkanes of at least 4 members (excludes halogenated alkanes) is 1. The van der Waals surface area contributed by atoms with Crippen LogP contribution in [0.5, 0.6) is 0 Å². The summed E-state index contributed by atoms with van der Waals surface area (Å²) in [5.41, 5.74) is 0. The maximum atomic E-state index is 8.98. The molecule has 3 heteroatoms. The number of hydrogen-bond donors (Lipinski definition) is 1. The summed E-state index contributed by atoms with van der Waals surface area (Å²) < 4.78 is 0. The molecule has 1 N–H and O–H groups in total. The van der Waals surface area contributed by atoms with Gasteiger partial charge < -0.3 is 10.2 Å². The highest BCUT2D eigenvalue weighted by Gasteiger charge is 2.10. The molecular weight excluding hydrogens is 186 g/mol. The van der Waals surface area contributed by atoms with Crippen LogP contribution in [-0.2, 0) is 0 Å². The lowest BCUT2D eigenvalue weighted by Crippen LogP contribution is -2.40. The van der Waals surface area contributed by atoms with E-state index in [0.717, 1.165) is 32.6 Å². The molecule has 88 valence electrons.